The molecule has 0 aliphatic rings. The Morgan fingerprint density at radius 3 is 2.55 bits per heavy atom. The summed E-state index contributed by atoms with van der Waals surface area (Å²) in [4.78, 5) is 0. The van der Waals surface area contributed by atoms with E-state index in [1.165, 1.54) is 0 Å². The van der Waals surface area contributed by atoms with Crippen molar-refractivity contribution in [2.45, 2.75) is 26.3 Å². The molecule has 0 radical (unpaired) electrons. The summed E-state index contributed by atoms with van der Waals surface area (Å²) in [6.45, 7) is 4.82. The molecule has 114 valence electrons. The van der Waals surface area contributed by atoms with E-state index in [-0.39, 0.29) is 0 Å². The van der Waals surface area contributed by atoms with Crippen molar-refractivity contribution in [2.75, 3.05) is 34.0 Å². The van der Waals surface area contributed by atoms with Gasteiger partial charge in [-0.25, -0.2) is 0 Å². The van der Waals surface area contributed by atoms with Crippen LogP contribution in [0.4, 0.5) is 0 Å². The number of halogens is 1. The lowest BCUT2D eigenvalue weighted by atomic mass is 10.2. The Labute approximate surface area is 129 Å². The van der Waals surface area contributed by atoms with Crippen molar-refractivity contribution in [2.24, 2.45) is 0 Å². The minimum absolute atomic E-state index is 0.621. The first-order valence-corrected chi connectivity index (χ1v) is 7.73. The summed E-state index contributed by atoms with van der Waals surface area (Å²) in [7, 11) is 3.64. The summed E-state index contributed by atoms with van der Waals surface area (Å²) in [6.07, 6.45) is 1.96. The van der Waals surface area contributed by atoms with E-state index in [2.05, 4.69) is 27.3 Å². The summed E-state index contributed by atoms with van der Waals surface area (Å²) in [5.41, 5.74) is 1.16. The fourth-order valence-electron chi connectivity index (χ4n) is 1.85. The highest BCUT2D eigenvalue weighted by Crippen LogP contribution is 2.37. The lowest BCUT2D eigenvalue weighted by molar-refractivity contribution is 0.183. The quantitative estimate of drug-likeness (QED) is 0.660. The molecule has 0 aromatic heterocycles. The molecule has 0 atom stereocenters. The fraction of sp³-hybridized carbons (Fsp3) is 0.600. The van der Waals surface area contributed by atoms with Crippen LogP contribution in [0.3, 0.4) is 0 Å². The van der Waals surface area contributed by atoms with Gasteiger partial charge in [-0.3, -0.25) is 0 Å². The number of hydrogen-bond acceptors (Lipinski definition) is 4. The molecule has 1 N–H and O–H groups in total. The van der Waals surface area contributed by atoms with Crippen LogP contribution in [-0.4, -0.2) is 34.0 Å². The second-order valence-corrected chi connectivity index (χ2v) is 5.27. The first kappa shape index (κ1) is 17.3. The van der Waals surface area contributed by atoms with Crippen LogP contribution < -0.4 is 14.8 Å². The largest absolute Gasteiger partial charge is 0.490 e. The fourth-order valence-corrected chi connectivity index (χ4v) is 2.46. The van der Waals surface area contributed by atoms with Crippen LogP contribution >= 0.6 is 15.9 Å². The highest BCUT2D eigenvalue weighted by atomic mass is 79.9. The first-order chi connectivity index (χ1) is 9.72. The molecule has 0 spiro atoms. The van der Waals surface area contributed by atoms with Crippen molar-refractivity contribution in [1.29, 1.82) is 0 Å². The molecule has 0 fully saturated rings. The topological polar surface area (TPSA) is 39.7 Å². The van der Waals surface area contributed by atoms with Crippen LogP contribution in [0.15, 0.2) is 16.6 Å². The number of methoxy groups -OCH3 is 1. The number of rotatable bonds is 10. The maximum atomic E-state index is 5.85. The van der Waals surface area contributed by atoms with E-state index >= 15 is 0 Å². The van der Waals surface area contributed by atoms with Gasteiger partial charge in [-0.05, 0) is 60.4 Å². The van der Waals surface area contributed by atoms with Gasteiger partial charge in [0, 0.05) is 20.3 Å². The molecule has 0 bridgehead atoms. The summed E-state index contributed by atoms with van der Waals surface area (Å²) in [5, 5.41) is 3.14. The molecule has 0 heterocycles. The Hall–Kier alpha value is -0.780. The summed E-state index contributed by atoms with van der Waals surface area (Å²) in [5.74, 6) is 1.57. The standard InChI is InChI=1S/C15H24BrNO3/c1-4-19-14-10-12(11-17-2)9-13(16)15(14)20-8-6-5-7-18-3/h9-10,17H,4-8,11H2,1-3H3. The number of nitrogens with one attached hydrogen (secondary N) is 1. The normalized spacial score (nSPS) is 10.6. The van der Waals surface area contributed by atoms with Crippen LogP contribution in [-0.2, 0) is 11.3 Å². The molecule has 20 heavy (non-hydrogen) atoms. The molecule has 4 nitrogen and oxygen atoms in total. The molecule has 0 unspecified atom stereocenters. The van der Waals surface area contributed by atoms with Gasteiger partial charge in [-0.15, -0.1) is 0 Å². The average molecular weight is 346 g/mol. The van der Waals surface area contributed by atoms with Gasteiger partial charge < -0.3 is 19.5 Å². The summed E-state index contributed by atoms with van der Waals surface area (Å²) in [6, 6.07) is 4.08. The lowest BCUT2D eigenvalue weighted by Gasteiger charge is -2.15. The van der Waals surface area contributed by atoms with Crippen molar-refractivity contribution in [1.82, 2.24) is 5.32 Å². The van der Waals surface area contributed by atoms with Gasteiger partial charge in [0.15, 0.2) is 11.5 Å². The predicted molar refractivity (Wildman–Crippen MR) is 84.7 cm³/mol. The van der Waals surface area contributed by atoms with Crippen molar-refractivity contribution in [3.05, 3.63) is 22.2 Å². The molecule has 0 saturated carbocycles. The predicted octanol–water partition coefficient (Wildman–Crippen LogP) is 3.37. The number of hydrogen-bond donors (Lipinski definition) is 1. The van der Waals surface area contributed by atoms with Gasteiger partial charge in [0.2, 0.25) is 0 Å². The molecule has 1 rings (SSSR count). The van der Waals surface area contributed by atoms with E-state index < -0.39 is 0 Å². The molecular weight excluding hydrogens is 322 g/mol. The monoisotopic (exact) mass is 345 g/mol. The highest BCUT2D eigenvalue weighted by molar-refractivity contribution is 9.10. The van der Waals surface area contributed by atoms with E-state index in [1.54, 1.807) is 7.11 Å². The summed E-state index contributed by atoms with van der Waals surface area (Å²) < 4.78 is 17.5. The Balaban J connectivity index is 2.71. The third kappa shape index (κ3) is 5.69. The van der Waals surface area contributed by atoms with E-state index in [4.69, 9.17) is 14.2 Å². The Bertz CT molecular complexity index is 399. The Morgan fingerprint density at radius 1 is 1.15 bits per heavy atom. The van der Waals surface area contributed by atoms with E-state index in [9.17, 15) is 0 Å². The van der Waals surface area contributed by atoms with Crippen LogP contribution in [0.2, 0.25) is 0 Å². The van der Waals surface area contributed by atoms with Crippen molar-refractivity contribution < 1.29 is 14.2 Å². The van der Waals surface area contributed by atoms with E-state index in [0.717, 1.165) is 47.5 Å². The van der Waals surface area contributed by atoms with Crippen LogP contribution in [0.1, 0.15) is 25.3 Å². The third-order valence-electron chi connectivity index (χ3n) is 2.74. The molecule has 0 aliphatic heterocycles. The lowest BCUT2D eigenvalue weighted by Crippen LogP contribution is -2.07. The van der Waals surface area contributed by atoms with E-state index in [1.807, 2.05) is 20.0 Å². The van der Waals surface area contributed by atoms with Gasteiger partial charge in [0.1, 0.15) is 0 Å². The van der Waals surface area contributed by atoms with Gasteiger partial charge in [0.05, 0.1) is 17.7 Å². The summed E-state index contributed by atoms with van der Waals surface area (Å²) >= 11 is 3.56. The molecule has 1 aromatic carbocycles. The Morgan fingerprint density at radius 2 is 1.90 bits per heavy atom. The molecule has 0 aliphatic carbocycles. The maximum absolute atomic E-state index is 5.85. The molecule has 0 saturated heterocycles. The minimum Gasteiger partial charge on any atom is -0.490 e. The van der Waals surface area contributed by atoms with Crippen LogP contribution in [0.5, 0.6) is 11.5 Å². The van der Waals surface area contributed by atoms with E-state index in [0.29, 0.717) is 13.2 Å². The van der Waals surface area contributed by atoms with Crippen LogP contribution in [0.25, 0.3) is 0 Å². The molecular formula is C15H24BrNO3. The number of unbranched alkanes of at least 4 members (excludes halogenated alkanes) is 1. The smallest absolute Gasteiger partial charge is 0.175 e. The zero-order chi connectivity index (χ0) is 14.8. The van der Waals surface area contributed by atoms with Gasteiger partial charge in [0.25, 0.3) is 0 Å². The van der Waals surface area contributed by atoms with Crippen molar-refractivity contribution in [3.63, 3.8) is 0 Å². The number of ether oxygens (including phenoxy) is 3. The number of benzene rings is 1. The molecule has 0 amide bonds. The zero-order valence-corrected chi connectivity index (χ0v) is 14.1. The molecule has 1 aromatic rings. The third-order valence-corrected chi connectivity index (χ3v) is 3.33. The highest BCUT2D eigenvalue weighted by Gasteiger charge is 2.12. The first-order valence-electron chi connectivity index (χ1n) is 6.94. The van der Waals surface area contributed by atoms with Gasteiger partial charge in [-0.2, -0.15) is 0 Å². The Kier molecular flexibility index (Phi) is 8.65. The minimum atomic E-state index is 0.621. The van der Waals surface area contributed by atoms with Crippen LogP contribution in [0, 0.1) is 0 Å². The molecule has 5 heteroatoms. The van der Waals surface area contributed by atoms with Crippen molar-refractivity contribution in [3.8, 4) is 11.5 Å². The second-order valence-electron chi connectivity index (χ2n) is 4.42. The van der Waals surface area contributed by atoms with Gasteiger partial charge in [-0.1, -0.05) is 0 Å². The van der Waals surface area contributed by atoms with Gasteiger partial charge >= 0.3 is 0 Å². The maximum Gasteiger partial charge on any atom is 0.175 e. The van der Waals surface area contributed by atoms with Crippen molar-refractivity contribution >= 4 is 15.9 Å². The average Bonchev–Trinajstić information content (AvgIpc) is 2.42. The zero-order valence-electron chi connectivity index (χ0n) is 12.5. The second kappa shape index (κ2) is 10.0. The SMILES string of the molecule is CCOc1cc(CNC)cc(Br)c1OCCCCOC.